The lowest BCUT2D eigenvalue weighted by Gasteiger charge is -2.15. The molecule has 0 bridgehead atoms. The van der Waals surface area contributed by atoms with Gasteiger partial charge in [0.1, 0.15) is 4.99 Å². The summed E-state index contributed by atoms with van der Waals surface area (Å²) in [5.41, 5.74) is 7.35. The topological polar surface area (TPSA) is 38.0 Å². The molecule has 0 aliphatic heterocycles. The van der Waals surface area contributed by atoms with Gasteiger partial charge < -0.3 is 11.1 Å². The lowest BCUT2D eigenvalue weighted by atomic mass is 10.2. The summed E-state index contributed by atoms with van der Waals surface area (Å²) < 4.78 is 0. The summed E-state index contributed by atoms with van der Waals surface area (Å²) in [5, 5.41) is 4.15. The zero-order valence-corrected chi connectivity index (χ0v) is 10.6. The molecular weight excluding hydrogens is 240 g/mol. The first-order valence-electron chi connectivity index (χ1n) is 5.52. The first-order chi connectivity index (χ1) is 7.66. The highest BCUT2D eigenvalue weighted by Crippen LogP contribution is 2.27. The fourth-order valence-electron chi connectivity index (χ4n) is 2.08. The maximum absolute atomic E-state index is 6.17. The Balaban J connectivity index is 2.12. The molecule has 1 aromatic carbocycles. The molecular formula is C12H15ClN2S. The highest BCUT2D eigenvalue weighted by Gasteiger charge is 2.15. The molecule has 86 valence electrons. The molecule has 4 heteroatoms. The van der Waals surface area contributed by atoms with E-state index in [1.165, 1.54) is 25.7 Å². The number of rotatable bonds is 3. The van der Waals surface area contributed by atoms with E-state index in [1.54, 1.807) is 0 Å². The van der Waals surface area contributed by atoms with E-state index in [2.05, 4.69) is 5.32 Å². The standard InChI is InChI=1S/C12H15ClN2S/c13-10-7-8(12(14)16)5-6-11(10)15-9-3-1-2-4-9/h5-7,9,15H,1-4H2,(H2,14,16). The summed E-state index contributed by atoms with van der Waals surface area (Å²) in [7, 11) is 0. The Hall–Kier alpha value is -0.800. The molecule has 1 saturated carbocycles. The largest absolute Gasteiger partial charge is 0.389 e. The van der Waals surface area contributed by atoms with Crippen molar-refractivity contribution in [2.45, 2.75) is 31.7 Å². The van der Waals surface area contributed by atoms with Crippen LogP contribution in [0.3, 0.4) is 0 Å². The van der Waals surface area contributed by atoms with Crippen molar-refractivity contribution in [2.75, 3.05) is 5.32 Å². The highest BCUT2D eigenvalue weighted by molar-refractivity contribution is 7.80. The molecule has 1 fully saturated rings. The number of anilines is 1. The van der Waals surface area contributed by atoms with Crippen LogP contribution >= 0.6 is 23.8 Å². The van der Waals surface area contributed by atoms with Crippen LogP contribution in [0.5, 0.6) is 0 Å². The molecule has 0 saturated heterocycles. The minimum Gasteiger partial charge on any atom is -0.389 e. The van der Waals surface area contributed by atoms with Gasteiger partial charge in [-0.3, -0.25) is 0 Å². The predicted octanol–water partition coefficient (Wildman–Crippen LogP) is 3.33. The van der Waals surface area contributed by atoms with Gasteiger partial charge >= 0.3 is 0 Å². The molecule has 2 nitrogen and oxygen atoms in total. The normalized spacial score (nSPS) is 16.3. The van der Waals surface area contributed by atoms with Crippen molar-refractivity contribution in [3.05, 3.63) is 28.8 Å². The zero-order valence-electron chi connectivity index (χ0n) is 9.00. The van der Waals surface area contributed by atoms with Crippen molar-refractivity contribution in [3.8, 4) is 0 Å². The summed E-state index contributed by atoms with van der Waals surface area (Å²) in [6.07, 6.45) is 5.07. The Kier molecular flexibility index (Phi) is 3.66. The number of benzene rings is 1. The van der Waals surface area contributed by atoms with E-state index >= 15 is 0 Å². The number of nitrogens with one attached hydrogen (secondary N) is 1. The van der Waals surface area contributed by atoms with Crippen LogP contribution < -0.4 is 11.1 Å². The van der Waals surface area contributed by atoms with Gasteiger partial charge in [-0.25, -0.2) is 0 Å². The Labute approximate surface area is 106 Å². The lowest BCUT2D eigenvalue weighted by molar-refractivity contribution is 0.755. The summed E-state index contributed by atoms with van der Waals surface area (Å²) in [6.45, 7) is 0. The third-order valence-corrected chi connectivity index (χ3v) is 3.52. The van der Waals surface area contributed by atoms with Gasteiger partial charge in [0.05, 0.1) is 10.7 Å². The Morgan fingerprint density at radius 2 is 2.06 bits per heavy atom. The highest BCUT2D eigenvalue weighted by atomic mass is 35.5. The average Bonchev–Trinajstić information content (AvgIpc) is 2.73. The number of hydrogen-bond donors (Lipinski definition) is 2. The minimum absolute atomic E-state index is 0.384. The molecule has 0 atom stereocenters. The smallest absolute Gasteiger partial charge is 0.104 e. The molecule has 3 N–H and O–H groups in total. The van der Waals surface area contributed by atoms with Crippen molar-refractivity contribution < 1.29 is 0 Å². The number of halogens is 1. The van der Waals surface area contributed by atoms with Gasteiger partial charge in [-0.2, -0.15) is 0 Å². The van der Waals surface area contributed by atoms with Crippen molar-refractivity contribution in [3.63, 3.8) is 0 Å². The molecule has 0 radical (unpaired) electrons. The van der Waals surface area contributed by atoms with Gasteiger partial charge in [0, 0.05) is 11.6 Å². The third-order valence-electron chi connectivity index (χ3n) is 2.97. The summed E-state index contributed by atoms with van der Waals surface area (Å²) >= 11 is 11.1. The van der Waals surface area contributed by atoms with E-state index in [9.17, 15) is 0 Å². The maximum atomic E-state index is 6.17. The molecule has 0 unspecified atom stereocenters. The third kappa shape index (κ3) is 2.66. The van der Waals surface area contributed by atoms with E-state index in [4.69, 9.17) is 29.6 Å². The second-order valence-electron chi connectivity index (χ2n) is 4.18. The van der Waals surface area contributed by atoms with E-state index in [-0.39, 0.29) is 0 Å². The Morgan fingerprint density at radius 3 is 2.62 bits per heavy atom. The average molecular weight is 255 g/mol. The molecule has 0 aromatic heterocycles. The van der Waals surface area contributed by atoms with Gasteiger partial charge in [0.15, 0.2) is 0 Å². The molecule has 16 heavy (non-hydrogen) atoms. The van der Waals surface area contributed by atoms with Crippen LogP contribution in [-0.4, -0.2) is 11.0 Å². The fourth-order valence-corrected chi connectivity index (χ4v) is 2.44. The van der Waals surface area contributed by atoms with Gasteiger partial charge in [0.25, 0.3) is 0 Å². The SMILES string of the molecule is NC(=S)c1ccc(NC2CCCC2)c(Cl)c1. The predicted molar refractivity (Wildman–Crippen MR) is 73.2 cm³/mol. The van der Waals surface area contributed by atoms with Gasteiger partial charge in [0.2, 0.25) is 0 Å². The van der Waals surface area contributed by atoms with Crippen LogP contribution in [0.25, 0.3) is 0 Å². The molecule has 0 amide bonds. The first kappa shape index (κ1) is 11.7. The quantitative estimate of drug-likeness (QED) is 0.813. The van der Waals surface area contributed by atoms with Crippen LogP contribution in [-0.2, 0) is 0 Å². The van der Waals surface area contributed by atoms with E-state index in [0.717, 1.165) is 11.3 Å². The van der Waals surface area contributed by atoms with Crippen LogP contribution in [0.15, 0.2) is 18.2 Å². The lowest BCUT2D eigenvalue weighted by Crippen LogP contribution is -2.15. The molecule has 1 aromatic rings. The van der Waals surface area contributed by atoms with E-state index in [0.29, 0.717) is 16.1 Å². The minimum atomic E-state index is 0.384. The first-order valence-corrected chi connectivity index (χ1v) is 6.31. The molecule has 0 heterocycles. The molecule has 2 rings (SSSR count). The fraction of sp³-hybridized carbons (Fsp3) is 0.417. The second-order valence-corrected chi connectivity index (χ2v) is 5.03. The summed E-state index contributed by atoms with van der Waals surface area (Å²) in [5.74, 6) is 0. The monoisotopic (exact) mass is 254 g/mol. The van der Waals surface area contributed by atoms with Crippen LogP contribution in [0.2, 0.25) is 5.02 Å². The number of hydrogen-bond acceptors (Lipinski definition) is 2. The number of thiocarbonyl (C=S) groups is 1. The number of nitrogens with two attached hydrogens (primary N) is 1. The molecule has 0 spiro atoms. The Morgan fingerprint density at radius 1 is 1.38 bits per heavy atom. The Bertz CT molecular complexity index is 400. The zero-order chi connectivity index (χ0) is 11.5. The van der Waals surface area contributed by atoms with E-state index < -0.39 is 0 Å². The maximum Gasteiger partial charge on any atom is 0.104 e. The van der Waals surface area contributed by atoms with Crippen molar-refractivity contribution in [1.82, 2.24) is 0 Å². The van der Waals surface area contributed by atoms with Crippen LogP contribution in [0.4, 0.5) is 5.69 Å². The summed E-state index contributed by atoms with van der Waals surface area (Å²) in [4.78, 5) is 0.384. The summed E-state index contributed by atoms with van der Waals surface area (Å²) in [6, 6.07) is 6.25. The van der Waals surface area contributed by atoms with E-state index in [1.807, 2.05) is 18.2 Å². The van der Waals surface area contributed by atoms with Crippen molar-refractivity contribution in [1.29, 1.82) is 0 Å². The van der Waals surface area contributed by atoms with Crippen LogP contribution in [0.1, 0.15) is 31.2 Å². The second kappa shape index (κ2) is 5.02. The van der Waals surface area contributed by atoms with Crippen molar-refractivity contribution >= 4 is 34.5 Å². The van der Waals surface area contributed by atoms with Gasteiger partial charge in [-0.05, 0) is 31.0 Å². The molecule has 1 aliphatic rings. The van der Waals surface area contributed by atoms with Gasteiger partial charge in [-0.1, -0.05) is 36.7 Å². The van der Waals surface area contributed by atoms with Crippen molar-refractivity contribution in [2.24, 2.45) is 5.73 Å². The molecule has 1 aliphatic carbocycles. The van der Waals surface area contributed by atoms with Gasteiger partial charge in [-0.15, -0.1) is 0 Å². The van der Waals surface area contributed by atoms with Crippen LogP contribution in [0, 0.1) is 0 Å².